The largest absolute Gasteiger partial charge is 0.391 e. The van der Waals surface area contributed by atoms with E-state index in [1.807, 2.05) is 6.92 Å². The Balaban J connectivity index is 2.63. The van der Waals surface area contributed by atoms with Crippen molar-refractivity contribution in [3.05, 3.63) is 0 Å². The van der Waals surface area contributed by atoms with E-state index in [2.05, 4.69) is 0 Å². The van der Waals surface area contributed by atoms with Crippen molar-refractivity contribution in [3.8, 4) is 0 Å². The first kappa shape index (κ1) is 13.8. The van der Waals surface area contributed by atoms with Crippen LogP contribution in [0.3, 0.4) is 0 Å². The molecule has 6 nitrogen and oxygen atoms in total. The van der Waals surface area contributed by atoms with Gasteiger partial charge in [0.15, 0.2) is 0 Å². The maximum Gasteiger partial charge on any atom is 0.221 e. The van der Waals surface area contributed by atoms with E-state index in [1.165, 1.54) is 0 Å². The molecule has 1 rings (SSSR count). The van der Waals surface area contributed by atoms with Crippen molar-refractivity contribution in [3.63, 3.8) is 0 Å². The summed E-state index contributed by atoms with van der Waals surface area (Å²) in [7, 11) is 0. The molecule has 0 aromatic heterocycles. The summed E-state index contributed by atoms with van der Waals surface area (Å²) in [5.41, 5.74) is 0. The van der Waals surface area contributed by atoms with Gasteiger partial charge in [0, 0.05) is 0 Å². The van der Waals surface area contributed by atoms with Crippen molar-refractivity contribution >= 4 is 0 Å². The first-order valence-corrected chi connectivity index (χ1v) is 5.50. The lowest BCUT2D eigenvalue weighted by Gasteiger charge is -2.43. The molecular formula is C10H20O6. The van der Waals surface area contributed by atoms with Gasteiger partial charge in [0.05, 0.1) is 13.2 Å². The number of aliphatic hydroxyl groups is 4. The Hall–Kier alpha value is -0.240. The number of ether oxygens (including phenoxy) is 2. The second kappa shape index (κ2) is 5.90. The maximum absolute atomic E-state index is 9.74. The molecule has 16 heavy (non-hydrogen) atoms. The minimum Gasteiger partial charge on any atom is -0.391 e. The predicted octanol–water partition coefficient (Wildman–Crippen LogP) is -1.40. The van der Waals surface area contributed by atoms with Crippen LogP contribution in [0.1, 0.15) is 19.8 Å². The van der Waals surface area contributed by atoms with Crippen LogP contribution in [-0.4, -0.2) is 64.3 Å². The molecule has 0 spiro atoms. The van der Waals surface area contributed by atoms with Crippen LogP contribution in [0.25, 0.3) is 0 Å². The zero-order chi connectivity index (χ0) is 12.2. The molecule has 96 valence electrons. The summed E-state index contributed by atoms with van der Waals surface area (Å²) in [5.74, 6) is -1.62. The summed E-state index contributed by atoms with van der Waals surface area (Å²) in [6.45, 7) is 1.55. The van der Waals surface area contributed by atoms with Crippen LogP contribution >= 0.6 is 0 Å². The highest BCUT2D eigenvalue weighted by Gasteiger charge is 2.50. The first-order chi connectivity index (χ1) is 7.57. The van der Waals surface area contributed by atoms with Gasteiger partial charge < -0.3 is 29.9 Å². The Morgan fingerprint density at radius 1 is 1.38 bits per heavy atom. The molecule has 0 aromatic carbocycles. The van der Waals surface area contributed by atoms with Crippen LogP contribution in [0.4, 0.5) is 0 Å². The molecule has 4 atom stereocenters. The molecule has 1 aliphatic rings. The van der Waals surface area contributed by atoms with Gasteiger partial charge in [-0.25, -0.2) is 0 Å². The molecule has 0 aliphatic carbocycles. The van der Waals surface area contributed by atoms with E-state index in [1.54, 1.807) is 0 Å². The lowest BCUT2D eigenvalue weighted by atomic mass is 9.97. The summed E-state index contributed by atoms with van der Waals surface area (Å²) < 4.78 is 10.4. The fraction of sp³-hybridized carbons (Fsp3) is 1.00. The Morgan fingerprint density at radius 2 is 2.06 bits per heavy atom. The third-order valence-electron chi connectivity index (χ3n) is 2.73. The van der Waals surface area contributed by atoms with Crippen molar-refractivity contribution < 1.29 is 29.9 Å². The normalized spacial score (nSPS) is 39.9. The van der Waals surface area contributed by atoms with Gasteiger partial charge in [-0.1, -0.05) is 13.3 Å². The molecule has 0 unspecified atom stereocenters. The molecule has 1 heterocycles. The highest BCUT2D eigenvalue weighted by Crippen LogP contribution is 2.27. The van der Waals surface area contributed by atoms with Crippen LogP contribution in [0.2, 0.25) is 0 Å². The van der Waals surface area contributed by atoms with Gasteiger partial charge in [-0.3, -0.25) is 0 Å². The third kappa shape index (κ3) is 2.71. The fourth-order valence-corrected chi connectivity index (χ4v) is 1.58. The van der Waals surface area contributed by atoms with E-state index in [9.17, 15) is 20.4 Å². The second-order valence-corrected chi connectivity index (χ2v) is 3.99. The van der Waals surface area contributed by atoms with E-state index in [-0.39, 0.29) is 6.61 Å². The number of aliphatic hydroxyl groups excluding tert-OH is 4. The lowest BCUT2D eigenvalue weighted by molar-refractivity contribution is -0.348. The van der Waals surface area contributed by atoms with E-state index < -0.39 is 30.7 Å². The average molecular weight is 236 g/mol. The SMILES string of the molecule is CCCCO[C@@]1(CO)OC[C@@H](O)[C@@H](O)[C@@H]1O. The summed E-state index contributed by atoms with van der Waals surface area (Å²) in [5, 5.41) is 37.7. The molecule has 1 fully saturated rings. The topological polar surface area (TPSA) is 99.4 Å². The average Bonchev–Trinajstić information content (AvgIpc) is 2.30. The van der Waals surface area contributed by atoms with Crippen molar-refractivity contribution in [2.24, 2.45) is 0 Å². The number of unbranched alkanes of at least 4 members (excludes halogenated alkanes) is 1. The molecule has 1 aliphatic heterocycles. The van der Waals surface area contributed by atoms with Gasteiger partial charge in [-0.15, -0.1) is 0 Å². The maximum atomic E-state index is 9.74. The summed E-state index contributed by atoms with van der Waals surface area (Å²) in [4.78, 5) is 0. The van der Waals surface area contributed by atoms with Crippen LogP contribution in [-0.2, 0) is 9.47 Å². The first-order valence-electron chi connectivity index (χ1n) is 5.50. The molecule has 1 saturated heterocycles. The molecular weight excluding hydrogens is 216 g/mol. The second-order valence-electron chi connectivity index (χ2n) is 3.99. The van der Waals surface area contributed by atoms with E-state index >= 15 is 0 Å². The zero-order valence-electron chi connectivity index (χ0n) is 9.37. The van der Waals surface area contributed by atoms with Gasteiger partial charge in [0.2, 0.25) is 5.79 Å². The number of hydrogen-bond acceptors (Lipinski definition) is 6. The summed E-state index contributed by atoms with van der Waals surface area (Å²) in [6.07, 6.45) is -2.33. The molecule has 0 radical (unpaired) electrons. The summed E-state index contributed by atoms with van der Waals surface area (Å²) in [6, 6.07) is 0. The molecule has 0 amide bonds. The quantitative estimate of drug-likeness (QED) is 0.438. The van der Waals surface area contributed by atoms with E-state index in [4.69, 9.17) is 9.47 Å². The fourth-order valence-electron chi connectivity index (χ4n) is 1.58. The Kier molecular flexibility index (Phi) is 5.10. The van der Waals surface area contributed by atoms with Gasteiger partial charge >= 0.3 is 0 Å². The summed E-state index contributed by atoms with van der Waals surface area (Å²) >= 11 is 0. The third-order valence-corrected chi connectivity index (χ3v) is 2.73. The van der Waals surface area contributed by atoms with Crippen molar-refractivity contribution in [1.29, 1.82) is 0 Å². The molecule has 0 aromatic rings. The monoisotopic (exact) mass is 236 g/mol. The lowest BCUT2D eigenvalue weighted by Crippen LogP contribution is -2.63. The van der Waals surface area contributed by atoms with Gasteiger partial charge in [-0.05, 0) is 6.42 Å². The van der Waals surface area contributed by atoms with Crippen LogP contribution in [0.5, 0.6) is 0 Å². The van der Waals surface area contributed by atoms with Crippen LogP contribution in [0, 0.1) is 0 Å². The van der Waals surface area contributed by atoms with Gasteiger partial charge in [0.1, 0.15) is 24.9 Å². The Bertz CT molecular complexity index is 211. The van der Waals surface area contributed by atoms with Gasteiger partial charge in [0.25, 0.3) is 0 Å². The predicted molar refractivity (Wildman–Crippen MR) is 54.6 cm³/mol. The minimum atomic E-state index is -1.62. The Labute approximate surface area is 94.4 Å². The number of hydrogen-bond donors (Lipinski definition) is 4. The highest BCUT2D eigenvalue weighted by atomic mass is 16.7. The van der Waals surface area contributed by atoms with Crippen LogP contribution < -0.4 is 0 Å². The van der Waals surface area contributed by atoms with Crippen molar-refractivity contribution in [2.45, 2.75) is 43.9 Å². The zero-order valence-corrected chi connectivity index (χ0v) is 9.37. The number of rotatable bonds is 5. The van der Waals surface area contributed by atoms with Crippen LogP contribution in [0.15, 0.2) is 0 Å². The van der Waals surface area contributed by atoms with E-state index in [0.29, 0.717) is 6.61 Å². The minimum absolute atomic E-state index is 0.176. The smallest absolute Gasteiger partial charge is 0.221 e. The molecule has 0 saturated carbocycles. The molecule has 6 heteroatoms. The molecule has 4 N–H and O–H groups in total. The van der Waals surface area contributed by atoms with Crippen molar-refractivity contribution in [1.82, 2.24) is 0 Å². The van der Waals surface area contributed by atoms with Gasteiger partial charge in [-0.2, -0.15) is 0 Å². The van der Waals surface area contributed by atoms with Crippen molar-refractivity contribution in [2.75, 3.05) is 19.8 Å². The van der Waals surface area contributed by atoms with E-state index in [0.717, 1.165) is 12.8 Å². The Morgan fingerprint density at radius 3 is 2.62 bits per heavy atom. The highest BCUT2D eigenvalue weighted by molar-refractivity contribution is 4.92. The molecule has 0 bridgehead atoms. The standard InChI is InChI=1S/C10H20O6/c1-2-3-4-15-10(6-11)9(14)8(13)7(12)5-16-10/h7-9,11-14H,2-6H2,1H3/t7-,8-,9+,10+/m1/s1.